The van der Waals surface area contributed by atoms with Crippen LogP contribution in [-0.4, -0.2) is 28.1 Å². The van der Waals surface area contributed by atoms with Crippen LogP contribution in [0.5, 0.6) is 0 Å². The fourth-order valence-corrected chi connectivity index (χ4v) is 2.64. The van der Waals surface area contributed by atoms with Gasteiger partial charge < -0.3 is 9.64 Å². The van der Waals surface area contributed by atoms with Gasteiger partial charge in [0.05, 0.1) is 6.54 Å². The van der Waals surface area contributed by atoms with Gasteiger partial charge in [-0.25, -0.2) is 4.79 Å². The van der Waals surface area contributed by atoms with Gasteiger partial charge in [-0.1, -0.05) is 30.0 Å². The van der Waals surface area contributed by atoms with E-state index in [4.69, 9.17) is 4.74 Å². The first-order chi connectivity index (χ1) is 11.9. The number of carbonyl (C=O) groups excluding carboxylic acids is 1. The van der Waals surface area contributed by atoms with E-state index in [0.29, 0.717) is 13.1 Å². The van der Waals surface area contributed by atoms with Crippen molar-refractivity contribution >= 4 is 6.09 Å². The molecule has 1 aliphatic rings. The lowest BCUT2D eigenvalue weighted by atomic mass is 10.0. The highest BCUT2D eigenvalue weighted by atomic mass is 16.6. The van der Waals surface area contributed by atoms with E-state index in [1.807, 2.05) is 57.2 Å². The standard InChI is InChI=1S/C21H22N2O2/c1-21(2,3)25-20(24)23-12-11-19-18(15-23)13-17(14-22-19)10-9-16-7-5-4-6-8-16/h4-8,13-14H,11-12,15H2,1-3H3. The van der Waals surface area contributed by atoms with Gasteiger partial charge in [0.25, 0.3) is 0 Å². The van der Waals surface area contributed by atoms with Crippen LogP contribution in [0.4, 0.5) is 4.79 Å². The molecule has 1 aromatic carbocycles. The van der Waals surface area contributed by atoms with E-state index in [9.17, 15) is 4.79 Å². The number of rotatable bonds is 0. The zero-order chi connectivity index (χ0) is 17.9. The smallest absolute Gasteiger partial charge is 0.410 e. The number of fused-ring (bicyclic) bond motifs is 1. The number of benzene rings is 1. The summed E-state index contributed by atoms with van der Waals surface area (Å²) in [4.78, 5) is 18.5. The van der Waals surface area contributed by atoms with Gasteiger partial charge in [-0.05, 0) is 44.5 Å². The number of nitrogens with zero attached hydrogens (tertiary/aromatic N) is 2. The third-order valence-electron chi connectivity index (χ3n) is 3.82. The van der Waals surface area contributed by atoms with Crippen LogP contribution in [0.3, 0.4) is 0 Å². The molecule has 128 valence electrons. The molecule has 0 spiro atoms. The molecule has 0 saturated heterocycles. The first-order valence-electron chi connectivity index (χ1n) is 8.43. The Labute approximate surface area is 148 Å². The Morgan fingerprint density at radius 1 is 1.16 bits per heavy atom. The van der Waals surface area contributed by atoms with E-state index in [1.54, 1.807) is 11.1 Å². The number of hydrogen-bond donors (Lipinski definition) is 0. The van der Waals surface area contributed by atoms with Crippen LogP contribution < -0.4 is 0 Å². The van der Waals surface area contributed by atoms with Crippen LogP contribution in [0.15, 0.2) is 42.6 Å². The molecule has 1 amide bonds. The van der Waals surface area contributed by atoms with E-state index in [0.717, 1.165) is 28.8 Å². The molecule has 0 atom stereocenters. The summed E-state index contributed by atoms with van der Waals surface area (Å²) in [5.74, 6) is 6.28. The van der Waals surface area contributed by atoms with Crippen molar-refractivity contribution in [2.24, 2.45) is 0 Å². The quantitative estimate of drug-likeness (QED) is 0.689. The molecule has 0 aliphatic carbocycles. The maximum Gasteiger partial charge on any atom is 0.410 e. The predicted octanol–water partition coefficient (Wildman–Crippen LogP) is 3.77. The largest absolute Gasteiger partial charge is 0.444 e. The van der Waals surface area contributed by atoms with Crippen LogP contribution >= 0.6 is 0 Å². The minimum Gasteiger partial charge on any atom is -0.444 e. The second kappa shape index (κ2) is 6.98. The van der Waals surface area contributed by atoms with E-state index < -0.39 is 5.60 Å². The van der Waals surface area contributed by atoms with E-state index >= 15 is 0 Å². The fourth-order valence-electron chi connectivity index (χ4n) is 2.64. The van der Waals surface area contributed by atoms with Gasteiger partial charge in [0.1, 0.15) is 5.60 Å². The lowest BCUT2D eigenvalue weighted by Crippen LogP contribution is -2.40. The molecule has 0 fully saturated rings. The maximum absolute atomic E-state index is 12.3. The summed E-state index contributed by atoms with van der Waals surface area (Å²) < 4.78 is 5.47. The Morgan fingerprint density at radius 3 is 2.60 bits per heavy atom. The van der Waals surface area contributed by atoms with Gasteiger partial charge in [-0.3, -0.25) is 4.98 Å². The first kappa shape index (κ1) is 17.0. The Morgan fingerprint density at radius 2 is 1.88 bits per heavy atom. The molecule has 2 heterocycles. The SMILES string of the molecule is CC(C)(C)OC(=O)N1CCc2ncc(C#Cc3ccccc3)cc2C1. The minimum absolute atomic E-state index is 0.279. The molecule has 0 unspecified atom stereocenters. The Hall–Kier alpha value is -2.80. The Kier molecular flexibility index (Phi) is 4.76. The van der Waals surface area contributed by atoms with Crippen LogP contribution in [-0.2, 0) is 17.7 Å². The molecule has 4 nitrogen and oxygen atoms in total. The topological polar surface area (TPSA) is 42.4 Å². The molecule has 4 heteroatoms. The summed E-state index contributed by atoms with van der Waals surface area (Å²) >= 11 is 0. The van der Waals surface area contributed by atoms with Gasteiger partial charge in [-0.15, -0.1) is 0 Å². The minimum atomic E-state index is -0.487. The highest BCUT2D eigenvalue weighted by Gasteiger charge is 2.26. The molecule has 0 bridgehead atoms. The van der Waals surface area contributed by atoms with Gasteiger partial charge in [-0.2, -0.15) is 0 Å². The molecule has 0 radical (unpaired) electrons. The zero-order valence-electron chi connectivity index (χ0n) is 14.9. The average Bonchev–Trinajstić information content (AvgIpc) is 2.58. The van der Waals surface area contributed by atoms with Crippen molar-refractivity contribution in [1.82, 2.24) is 9.88 Å². The van der Waals surface area contributed by atoms with Crippen LogP contribution in [0.2, 0.25) is 0 Å². The van der Waals surface area contributed by atoms with Crippen molar-refractivity contribution in [1.29, 1.82) is 0 Å². The van der Waals surface area contributed by atoms with Crippen molar-refractivity contribution in [2.45, 2.75) is 39.3 Å². The predicted molar refractivity (Wildman–Crippen MR) is 97.0 cm³/mol. The lowest BCUT2D eigenvalue weighted by Gasteiger charge is -2.30. The van der Waals surface area contributed by atoms with Gasteiger partial charge >= 0.3 is 6.09 Å². The van der Waals surface area contributed by atoms with Crippen LogP contribution in [0.25, 0.3) is 0 Å². The molecule has 1 aromatic heterocycles. The molecule has 1 aliphatic heterocycles. The third kappa shape index (κ3) is 4.60. The van der Waals surface area contributed by atoms with Gasteiger partial charge in [0, 0.05) is 36.0 Å². The molecular formula is C21H22N2O2. The van der Waals surface area contributed by atoms with Gasteiger partial charge in [0.2, 0.25) is 0 Å². The molecule has 3 rings (SSSR count). The summed E-state index contributed by atoms with van der Waals surface area (Å²) in [6.45, 7) is 6.77. The van der Waals surface area contributed by atoms with Crippen molar-refractivity contribution in [2.75, 3.05) is 6.54 Å². The third-order valence-corrected chi connectivity index (χ3v) is 3.82. The molecule has 2 aromatic rings. The molecule has 0 saturated carbocycles. The van der Waals surface area contributed by atoms with Crippen molar-refractivity contribution in [3.8, 4) is 11.8 Å². The summed E-state index contributed by atoms with van der Waals surface area (Å²) in [6, 6.07) is 11.9. The average molecular weight is 334 g/mol. The summed E-state index contributed by atoms with van der Waals surface area (Å²) in [6.07, 6.45) is 2.26. The number of aromatic nitrogens is 1. The zero-order valence-corrected chi connectivity index (χ0v) is 14.9. The Bertz CT molecular complexity index is 826. The normalized spacial score (nSPS) is 13.5. The summed E-state index contributed by atoms with van der Waals surface area (Å²) in [7, 11) is 0. The van der Waals surface area contributed by atoms with Crippen molar-refractivity contribution < 1.29 is 9.53 Å². The highest BCUT2D eigenvalue weighted by Crippen LogP contribution is 2.20. The van der Waals surface area contributed by atoms with Crippen molar-refractivity contribution in [3.63, 3.8) is 0 Å². The number of ether oxygens (including phenoxy) is 1. The number of carbonyl (C=O) groups is 1. The summed E-state index contributed by atoms with van der Waals surface area (Å²) in [5, 5.41) is 0. The lowest BCUT2D eigenvalue weighted by molar-refractivity contribution is 0.0222. The Balaban J connectivity index is 1.76. The molecule has 25 heavy (non-hydrogen) atoms. The van der Waals surface area contributed by atoms with E-state index in [-0.39, 0.29) is 6.09 Å². The highest BCUT2D eigenvalue weighted by molar-refractivity contribution is 5.68. The fraction of sp³-hybridized carbons (Fsp3) is 0.333. The van der Waals surface area contributed by atoms with E-state index in [2.05, 4.69) is 16.8 Å². The number of hydrogen-bond acceptors (Lipinski definition) is 3. The maximum atomic E-state index is 12.3. The number of pyridine rings is 1. The first-order valence-corrected chi connectivity index (χ1v) is 8.43. The van der Waals surface area contributed by atoms with Crippen LogP contribution in [0, 0.1) is 11.8 Å². The second-order valence-corrected chi connectivity index (χ2v) is 7.10. The van der Waals surface area contributed by atoms with Crippen molar-refractivity contribution in [3.05, 3.63) is 65.0 Å². The molecule has 0 N–H and O–H groups in total. The molecular weight excluding hydrogens is 312 g/mol. The van der Waals surface area contributed by atoms with E-state index in [1.165, 1.54) is 0 Å². The monoisotopic (exact) mass is 334 g/mol. The van der Waals surface area contributed by atoms with Gasteiger partial charge in [0.15, 0.2) is 0 Å². The second-order valence-electron chi connectivity index (χ2n) is 7.10. The van der Waals surface area contributed by atoms with Crippen LogP contribution in [0.1, 0.15) is 43.2 Å². The number of amides is 1. The summed E-state index contributed by atoms with van der Waals surface area (Å²) in [5.41, 5.74) is 3.41.